The first-order valence-corrected chi connectivity index (χ1v) is 14.1. The van der Waals surface area contributed by atoms with E-state index in [-0.39, 0.29) is 0 Å². The number of ether oxygens (including phenoxy) is 1. The summed E-state index contributed by atoms with van der Waals surface area (Å²) >= 11 is 0. The van der Waals surface area contributed by atoms with Gasteiger partial charge in [0.1, 0.15) is 0 Å². The maximum Gasteiger partial charge on any atom is 0.0580 e. The Labute approximate surface area is 192 Å². The number of hydrogen-bond acceptors (Lipinski definition) is 1. The Bertz CT molecular complexity index is 312. The summed E-state index contributed by atoms with van der Waals surface area (Å²) in [5, 5.41) is 0. The van der Waals surface area contributed by atoms with Crippen LogP contribution in [0.3, 0.4) is 0 Å². The SMILES string of the molecule is CCCCCCCCCCC(CCCCCCCC)COC(CC(C)C)CC(C)C. The van der Waals surface area contributed by atoms with Crippen molar-refractivity contribution in [3.63, 3.8) is 0 Å². The summed E-state index contributed by atoms with van der Waals surface area (Å²) in [5.41, 5.74) is 0. The first-order chi connectivity index (χ1) is 14.5. The monoisotopic (exact) mass is 424 g/mol. The predicted molar refractivity (Wildman–Crippen MR) is 137 cm³/mol. The second-order valence-electron chi connectivity index (χ2n) is 10.9. The molecule has 182 valence electrons. The fraction of sp³-hybridized carbons (Fsp3) is 1.00. The fourth-order valence-electron chi connectivity index (χ4n) is 4.65. The average Bonchev–Trinajstić information content (AvgIpc) is 2.69. The van der Waals surface area contributed by atoms with Gasteiger partial charge in [-0.1, -0.05) is 131 Å². The summed E-state index contributed by atoms with van der Waals surface area (Å²) in [5.74, 6) is 2.26. The van der Waals surface area contributed by atoms with Crippen molar-refractivity contribution in [2.75, 3.05) is 6.61 Å². The van der Waals surface area contributed by atoms with Crippen LogP contribution >= 0.6 is 0 Å². The van der Waals surface area contributed by atoms with Crippen LogP contribution in [0.15, 0.2) is 0 Å². The summed E-state index contributed by atoms with van der Waals surface area (Å²) in [6, 6.07) is 0. The smallest absolute Gasteiger partial charge is 0.0580 e. The molecule has 0 amide bonds. The molecule has 0 bridgehead atoms. The molecule has 1 unspecified atom stereocenters. The lowest BCUT2D eigenvalue weighted by molar-refractivity contribution is 0.00155. The van der Waals surface area contributed by atoms with Crippen LogP contribution in [0.4, 0.5) is 0 Å². The molecule has 0 aliphatic heterocycles. The molecule has 0 heterocycles. The van der Waals surface area contributed by atoms with Crippen molar-refractivity contribution in [2.45, 2.75) is 163 Å². The molecule has 30 heavy (non-hydrogen) atoms. The van der Waals surface area contributed by atoms with Crippen LogP contribution in [0, 0.1) is 17.8 Å². The zero-order chi connectivity index (χ0) is 22.5. The van der Waals surface area contributed by atoms with Crippen molar-refractivity contribution >= 4 is 0 Å². The maximum absolute atomic E-state index is 6.54. The summed E-state index contributed by atoms with van der Waals surface area (Å²) in [7, 11) is 0. The minimum absolute atomic E-state index is 0.468. The number of unbranched alkanes of at least 4 members (excludes halogenated alkanes) is 12. The van der Waals surface area contributed by atoms with Crippen LogP contribution in [0.1, 0.15) is 157 Å². The van der Waals surface area contributed by atoms with Gasteiger partial charge in [0.15, 0.2) is 0 Å². The molecule has 1 nitrogen and oxygen atoms in total. The zero-order valence-corrected chi connectivity index (χ0v) is 22.2. The fourth-order valence-corrected chi connectivity index (χ4v) is 4.65. The second kappa shape index (κ2) is 22.2. The molecule has 0 rings (SSSR count). The predicted octanol–water partition coefficient (Wildman–Crippen LogP) is 10.4. The topological polar surface area (TPSA) is 9.23 Å². The van der Waals surface area contributed by atoms with E-state index in [2.05, 4.69) is 41.5 Å². The molecule has 0 aromatic heterocycles. The van der Waals surface area contributed by atoms with Crippen molar-refractivity contribution in [2.24, 2.45) is 17.8 Å². The quantitative estimate of drug-likeness (QED) is 0.148. The van der Waals surface area contributed by atoms with E-state index in [9.17, 15) is 0 Å². The van der Waals surface area contributed by atoms with Crippen LogP contribution in [0.25, 0.3) is 0 Å². The Kier molecular flexibility index (Phi) is 22.1. The van der Waals surface area contributed by atoms with Crippen LogP contribution in [-0.2, 0) is 4.74 Å². The van der Waals surface area contributed by atoms with Gasteiger partial charge < -0.3 is 4.74 Å². The summed E-state index contributed by atoms with van der Waals surface area (Å²) < 4.78 is 6.54. The first-order valence-electron chi connectivity index (χ1n) is 14.1. The van der Waals surface area contributed by atoms with E-state index in [1.807, 2.05) is 0 Å². The lowest BCUT2D eigenvalue weighted by Gasteiger charge is -2.25. The van der Waals surface area contributed by atoms with Gasteiger partial charge in [-0.05, 0) is 43.4 Å². The van der Waals surface area contributed by atoms with Crippen LogP contribution in [0.5, 0.6) is 0 Å². The molecule has 0 spiro atoms. The van der Waals surface area contributed by atoms with Crippen LogP contribution < -0.4 is 0 Å². The van der Waals surface area contributed by atoms with Gasteiger partial charge in [0.25, 0.3) is 0 Å². The molecule has 0 radical (unpaired) electrons. The molecule has 0 aromatic rings. The molecule has 0 aliphatic carbocycles. The first kappa shape index (κ1) is 30.0. The standard InChI is InChI=1S/C29H60O/c1-7-9-11-13-15-16-18-20-22-28(21-19-17-14-12-10-8-2)25-30-29(23-26(3)4)24-27(5)6/h26-29H,7-25H2,1-6H3. The lowest BCUT2D eigenvalue weighted by Crippen LogP contribution is -2.22. The van der Waals surface area contributed by atoms with Crippen molar-refractivity contribution in [3.05, 3.63) is 0 Å². The molecule has 0 saturated carbocycles. The minimum Gasteiger partial charge on any atom is -0.378 e. The van der Waals surface area contributed by atoms with Gasteiger partial charge in [0.2, 0.25) is 0 Å². The van der Waals surface area contributed by atoms with Crippen LogP contribution in [0.2, 0.25) is 0 Å². The van der Waals surface area contributed by atoms with E-state index < -0.39 is 0 Å². The Balaban J connectivity index is 4.26. The van der Waals surface area contributed by atoms with Gasteiger partial charge in [-0.2, -0.15) is 0 Å². The highest BCUT2D eigenvalue weighted by molar-refractivity contribution is 4.67. The largest absolute Gasteiger partial charge is 0.378 e. The maximum atomic E-state index is 6.54. The van der Waals surface area contributed by atoms with E-state index in [0.717, 1.165) is 24.4 Å². The molecular weight excluding hydrogens is 364 g/mol. The van der Waals surface area contributed by atoms with Gasteiger partial charge in [-0.3, -0.25) is 0 Å². The third-order valence-electron chi connectivity index (χ3n) is 6.47. The molecule has 0 aromatic carbocycles. The second-order valence-corrected chi connectivity index (χ2v) is 10.9. The highest BCUT2D eigenvalue weighted by atomic mass is 16.5. The third kappa shape index (κ3) is 21.2. The van der Waals surface area contributed by atoms with Gasteiger partial charge >= 0.3 is 0 Å². The molecule has 1 heteroatoms. The van der Waals surface area contributed by atoms with Gasteiger partial charge in [-0.25, -0.2) is 0 Å². The lowest BCUT2D eigenvalue weighted by atomic mass is 9.94. The highest BCUT2D eigenvalue weighted by Gasteiger charge is 2.16. The van der Waals surface area contributed by atoms with Crippen molar-refractivity contribution < 1.29 is 4.74 Å². The minimum atomic E-state index is 0.468. The Hall–Kier alpha value is -0.0400. The van der Waals surface area contributed by atoms with E-state index in [1.165, 1.54) is 116 Å². The van der Waals surface area contributed by atoms with Crippen molar-refractivity contribution in [1.82, 2.24) is 0 Å². The number of hydrogen-bond donors (Lipinski definition) is 0. The Morgan fingerprint density at radius 2 is 0.867 bits per heavy atom. The Morgan fingerprint density at radius 1 is 0.500 bits per heavy atom. The molecule has 0 N–H and O–H groups in total. The summed E-state index contributed by atoms with van der Waals surface area (Å²) in [6.45, 7) is 15.0. The molecule has 0 fully saturated rings. The van der Waals surface area contributed by atoms with E-state index in [4.69, 9.17) is 4.74 Å². The van der Waals surface area contributed by atoms with E-state index in [0.29, 0.717) is 6.10 Å². The van der Waals surface area contributed by atoms with Gasteiger partial charge in [0.05, 0.1) is 6.10 Å². The average molecular weight is 425 g/mol. The van der Waals surface area contributed by atoms with Gasteiger partial charge in [-0.15, -0.1) is 0 Å². The summed E-state index contributed by atoms with van der Waals surface area (Å²) in [4.78, 5) is 0. The van der Waals surface area contributed by atoms with Crippen molar-refractivity contribution in [1.29, 1.82) is 0 Å². The third-order valence-corrected chi connectivity index (χ3v) is 6.47. The van der Waals surface area contributed by atoms with E-state index in [1.54, 1.807) is 0 Å². The van der Waals surface area contributed by atoms with Crippen molar-refractivity contribution in [3.8, 4) is 0 Å². The summed E-state index contributed by atoms with van der Waals surface area (Å²) in [6.07, 6.45) is 25.6. The number of rotatable bonds is 23. The normalized spacial score (nSPS) is 13.1. The van der Waals surface area contributed by atoms with E-state index >= 15 is 0 Å². The Morgan fingerprint density at radius 3 is 1.23 bits per heavy atom. The molecule has 0 aliphatic rings. The molecule has 0 saturated heterocycles. The molecule has 1 atom stereocenters. The zero-order valence-electron chi connectivity index (χ0n) is 22.2. The molecular formula is C29H60O. The van der Waals surface area contributed by atoms with Crippen LogP contribution in [-0.4, -0.2) is 12.7 Å². The highest BCUT2D eigenvalue weighted by Crippen LogP contribution is 2.23. The van der Waals surface area contributed by atoms with Gasteiger partial charge in [0, 0.05) is 6.61 Å².